The van der Waals surface area contributed by atoms with E-state index in [-0.39, 0.29) is 6.54 Å². The van der Waals surface area contributed by atoms with Crippen LogP contribution in [-0.4, -0.2) is 22.8 Å². The molecule has 0 bridgehead atoms. The predicted molar refractivity (Wildman–Crippen MR) is 100 cm³/mol. The molecular weight excluding hydrogens is 344 g/mol. The Morgan fingerprint density at radius 2 is 1.89 bits per heavy atom. The summed E-state index contributed by atoms with van der Waals surface area (Å²) in [7, 11) is 1.58. The number of para-hydroxylation sites is 1. The molecule has 0 unspecified atom stereocenters. The Hall–Kier alpha value is -3.92. The number of ether oxygens (including phenoxy) is 1. The van der Waals surface area contributed by atoms with Crippen molar-refractivity contribution in [1.82, 2.24) is 9.78 Å². The highest BCUT2D eigenvalue weighted by Crippen LogP contribution is 2.19. The van der Waals surface area contributed by atoms with E-state index < -0.39 is 11.5 Å². The molecule has 0 fully saturated rings. The van der Waals surface area contributed by atoms with Crippen LogP contribution in [0.4, 0.5) is 5.69 Å². The third-order valence-corrected chi connectivity index (χ3v) is 3.87. The average Bonchev–Trinajstić information content (AvgIpc) is 2.70. The van der Waals surface area contributed by atoms with E-state index in [1.54, 1.807) is 49.6 Å². The number of carbonyl (C=O) groups is 1. The maximum Gasteiger partial charge on any atom is 0.267 e. The number of anilines is 1. The monoisotopic (exact) mass is 360 g/mol. The molecule has 1 aromatic heterocycles. The molecule has 7 heteroatoms. The maximum absolute atomic E-state index is 12.3. The maximum atomic E-state index is 12.3. The van der Waals surface area contributed by atoms with E-state index in [2.05, 4.69) is 10.4 Å². The van der Waals surface area contributed by atoms with E-state index in [0.29, 0.717) is 22.7 Å². The molecule has 1 heterocycles. The predicted octanol–water partition coefficient (Wildman–Crippen LogP) is 2.43. The van der Waals surface area contributed by atoms with Gasteiger partial charge in [0.15, 0.2) is 0 Å². The van der Waals surface area contributed by atoms with Gasteiger partial charge in [-0.05, 0) is 42.5 Å². The van der Waals surface area contributed by atoms with Crippen LogP contribution < -0.4 is 15.6 Å². The van der Waals surface area contributed by atoms with Gasteiger partial charge < -0.3 is 10.1 Å². The molecule has 3 rings (SSSR count). The second-order valence-corrected chi connectivity index (χ2v) is 5.65. The second kappa shape index (κ2) is 7.97. The lowest BCUT2D eigenvalue weighted by Gasteiger charge is -2.09. The fourth-order valence-electron chi connectivity index (χ4n) is 2.49. The third-order valence-electron chi connectivity index (χ3n) is 3.87. The van der Waals surface area contributed by atoms with Crippen molar-refractivity contribution in [2.75, 3.05) is 12.4 Å². The fourth-order valence-corrected chi connectivity index (χ4v) is 2.49. The van der Waals surface area contributed by atoms with Crippen LogP contribution in [-0.2, 0) is 11.3 Å². The molecule has 0 radical (unpaired) electrons. The van der Waals surface area contributed by atoms with E-state index in [9.17, 15) is 9.59 Å². The lowest BCUT2D eigenvalue weighted by atomic mass is 10.1. The SMILES string of the molecule is COc1ccc(-c2ccc(=O)n(CC(=O)Nc3ccccc3C#N)n2)cc1. The van der Waals surface area contributed by atoms with Crippen LogP contribution in [0.1, 0.15) is 5.56 Å². The number of hydrogen-bond acceptors (Lipinski definition) is 5. The summed E-state index contributed by atoms with van der Waals surface area (Å²) in [6.45, 7) is -0.261. The summed E-state index contributed by atoms with van der Waals surface area (Å²) in [6.07, 6.45) is 0. The van der Waals surface area contributed by atoms with Gasteiger partial charge in [-0.2, -0.15) is 10.4 Å². The Morgan fingerprint density at radius 3 is 2.59 bits per heavy atom. The van der Waals surface area contributed by atoms with Gasteiger partial charge in [0.1, 0.15) is 18.4 Å². The molecule has 134 valence electrons. The van der Waals surface area contributed by atoms with Gasteiger partial charge in [-0.15, -0.1) is 0 Å². The van der Waals surface area contributed by atoms with Crippen molar-refractivity contribution < 1.29 is 9.53 Å². The van der Waals surface area contributed by atoms with Gasteiger partial charge in [0.2, 0.25) is 5.91 Å². The van der Waals surface area contributed by atoms with Crippen molar-refractivity contribution >= 4 is 11.6 Å². The lowest BCUT2D eigenvalue weighted by molar-refractivity contribution is -0.117. The molecule has 0 saturated carbocycles. The van der Waals surface area contributed by atoms with E-state index in [1.165, 1.54) is 6.07 Å². The Balaban J connectivity index is 1.81. The number of carbonyl (C=O) groups excluding carboxylic acids is 1. The number of amides is 1. The molecule has 27 heavy (non-hydrogen) atoms. The van der Waals surface area contributed by atoms with Crippen LogP contribution in [0.2, 0.25) is 0 Å². The minimum atomic E-state index is -0.445. The number of methoxy groups -OCH3 is 1. The highest BCUT2D eigenvalue weighted by molar-refractivity contribution is 5.91. The number of aromatic nitrogens is 2. The molecule has 0 aliphatic rings. The van der Waals surface area contributed by atoms with Gasteiger partial charge in [0, 0.05) is 11.6 Å². The molecular formula is C20H16N4O3. The summed E-state index contributed by atoms with van der Waals surface area (Å²) in [4.78, 5) is 24.4. The molecule has 0 aliphatic heterocycles. The largest absolute Gasteiger partial charge is 0.497 e. The first-order chi connectivity index (χ1) is 13.1. The van der Waals surface area contributed by atoms with E-state index in [4.69, 9.17) is 10.00 Å². The molecule has 7 nitrogen and oxygen atoms in total. The molecule has 1 amide bonds. The van der Waals surface area contributed by atoms with Crippen molar-refractivity contribution in [3.05, 3.63) is 76.6 Å². The van der Waals surface area contributed by atoms with Gasteiger partial charge in [0.05, 0.1) is 24.1 Å². The van der Waals surface area contributed by atoms with Crippen LogP contribution >= 0.6 is 0 Å². The van der Waals surface area contributed by atoms with Crippen LogP contribution in [0.3, 0.4) is 0 Å². The molecule has 0 spiro atoms. The number of nitrogens with zero attached hydrogens (tertiary/aromatic N) is 3. The smallest absolute Gasteiger partial charge is 0.267 e. The summed E-state index contributed by atoms with van der Waals surface area (Å²) < 4.78 is 6.21. The molecule has 0 atom stereocenters. The van der Waals surface area contributed by atoms with Gasteiger partial charge in [-0.25, -0.2) is 4.68 Å². The highest BCUT2D eigenvalue weighted by atomic mass is 16.5. The first kappa shape index (κ1) is 17.9. The summed E-state index contributed by atoms with van der Waals surface area (Å²) in [6, 6.07) is 18.8. The number of benzene rings is 2. The Labute approximate surface area is 155 Å². The van der Waals surface area contributed by atoms with E-state index >= 15 is 0 Å². The minimum Gasteiger partial charge on any atom is -0.497 e. The number of nitriles is 1. The van der Waals surface area contributed by atoms with Crippen LogP contribution in [0.15, 0.2) is 65.5 Å². The average molecular weight is 360 g/mol. The lowest BCUT2D eigenvalue weighted by Crippen LogP contribution is -2.29. The Bertz CT molecular complexity index is 1070. The van der Waals surface area contributed by atoms with Crippen molar-refractivity contribution in [2.45, 2.75) is 6.54 Å². The number of rotatable bonds is 5. The highest BCUT2D eigenvalue weighted by Gasteiger charge is 2.10. The normalized spacial score (nSPS) is 10.1. The summed E-state index contributed by atoms with van der Waals surface area (Å²) in [5, 5.41) is 16.0. The zero-order valence-corrected chi connectivity index (χ0v) is 14.5. The van der Waals surface area contributed by atoms with Gasteiger partial charge in [-0.1, -0.05) is 12.1 Å². The molecule has 2 aromatic carbocycles. The van der Waals surface area contributed by atoms with Crippen molar-refractivity contribution in [2.24, 2.45) is 0 Å². The Kier molecular flexibility index (Phi) is 5.28. The molecule has 0 aliphatic carbocycles. The third kappa shape index (κ3) is 4.19. The van der Waals surface area contributed by atoms with Crippen molar-refractivity contribution in [3.63, 3.8) is 0 Å². The van der Waals surface area contributed by atoms with E-state index in [0.717, 1.165) is 10.2 Å². The molecule has 0 saturated heterocycles. The zero-order chi connectivity index (χ0) is 19.2. The summed E-state index contributed by atoms with van der Waals surface area (Å²) >= 11 is 0. The van der Waals surface area contributed by atoms with Crippen LogP contribution in [0.5, 0.6) is 5.75 Å². The quantitative estimate of drug-likeness (QED) is 0.754. The number of hydrogen-bond donors (Lipinski definition) is 1. The number of nitrogens with one attached hydrogen (secondary N) is 1. The van der Waals surface area contributed by atoms with Crippen molar-refractivity contribution in [3.8, 4) is 23.1 Å². The van der Waals surface area contributed by atoms with Crippen molar-refractivity contribution in [1.29, 1.82) is 5.26 Å². The summed E-state index contributed by atoms with van der Waals surface area (Å²) in [5.74, 6) is 0.266. The first-order valence-corrected chi connectivity index (χ1v) is 8.12. The Morgan fingerprint density at radius 1 is 1.15 bits per heavy atom. The molecule has 1 N–H and O–H groups in total. The van der Waals surface area contributed by atoms with E-state index in [1.807, 2.05) is 18.2 Å². The minimum absolute atomic E-state index is 0.261. The van der Waals surface area contributed by atoms with Gasteiger partial charge in [0.25, 0.3) is 5.56 Å². The summed E-state index contributed by atoms with van der Waals surface area (Å²) in [5.41, 5.74) is 1.70. The van der Waals surface area contributed by atoms with Gasteiger partial charge >= 0.3 is 0 Å². The fraction of sp³-hybridized carbons (Fsp3) is 0.100. The van der Waals surface area contributed by atoms with Gasteiger partial charge in [-0.3, -0.25) is 9.59 Å². The first-order valence-electron chi connectivity index (χ1n) is 8.12. The topological polar surface area (TPSA) is 97.0 Å². The molecule has 3 aromatic rings. The standard InChI is InChI=1S/C20H16N4O3/c1-27-16-8-6-14(7-9-16)18-10-11-20(26)24(23-18)13-19(25)22-17-5-3-2-4-15(17)12-21/h2-11H,13H2,1H3,(H,22,25). The second-order valence-electron chi connectivity index (χ2n) is 5.65. The van der Waals surface area contributed by atoms with Crippen LogP contribution in [0.25, 0.3) is 11.3 Å². The zero-order valence-electron chi connectivity index (χ0n) is 14.5. The van der Waals surface area contributed by atoms with Crippen LogP contribution in [0, 0.1) is 11.3 Å².